The van der Waals surface area contributed by atoms with Crippen molar-refractivity contribution in [1.82, 2.24) is 9.97 Å². The molecular formula is C32H25ClN4O3. The van der Waals surface area contributed by atoms with Gasteiger partial charge in [0.25, 0.3) is 11.8 Å². The molecule has 4 aromatic carbocycles. The third-order valence-corrected chi connectivity index (χ3v) is 8.04. The highest BCUT2D eigenvalue weighted by atomic mass is 35.5. The second kappa shape index (κ2) is 9.47. The van der Waals surface area contributed by atoms with Crippen molar-refractivity contribution in [2.24, 2.45) is 0 Å². The van der Waals surface area contributed by atoms with Crippen molar-refractivity contribution in [2.45, 2.75) is 5.92 Å². The van der Waals surface area contributed by atoms with Gasteiger partial charge in [0, 0.05) is 57.3 Å². The van der Waals surface area contributed by atoms with E-state index in [2.05, 4.69) is 21.4 Å². The molecule has 3 heterocycles. The molecule has 0 saturated carbocycles. The summed E-state index contributed by atoms with van der Waals surface area (Å²) in [6, 6.07) is 26.9. The maximum atomic E-state index is 13.8. The predicted molar refractivity (Wildman–Crippen MR) is 160 cm³/mol. The lowest BCUT2D eigenvalue weighted by Gasteiger charge is -2.18. The number of nitrogens with one attached hydrogen (secondary N) is 3. The first-order chi connectivity index (χ1) is 19.5. The van der Waals surface area contributed by atoms with Crippen LogP contribution in [0.4, 0.5) is 11.4 Å². The van der Waals surface area contributed by atoms with Crippen molar-refractivity contribution in [3.05, 3.63) is 102 Å². The van der Waals surface area contributed by atoms with E-state index in [1.807, 2.05) is 78.9 Å². The highest BCUT2D eigenvalue weighted by Gasteiger charge is 2.35. The fourth-order valence-electron chi connectivity index (χ4n) is 5.77. The van der Waals surface area contributed by atoms with Crippen molar-refractivity contribution in [3.63, 3.8) is 0 Å². The van der Waals surface area contributed by atoms with Crippen LogP contribution in [0.1, 0.15) is 32.5 Å². The second-order valence-electron chi connectivity index (χ2n) is 10.0. The summed E-state index contributed by atoms with van der Waals surface area (Å²) in [4.78, 5) is 34.9. The van der Waals surface area contributed by atoms with E-state index in [0.717, 1.165) is 49.6 Å². The van der Waals surface area contributed by atoms with Gasteiger partial charge in [-0.15, -0.1) is 11.6 Å². The van der Waals surface area contributed by atoms with Gasteiger partial charge in [-0.3, -0.25) is 9.59 Å². The van der Waals surface area contributed by atoms with Crippen LogP contribution in [0.5, 0.6) is 5.75 Å². The number of rotatable bonds is 5. The van der Waals surface area contributed by atoms with Crippen molar-refractivity contribution in [1.29, 1.82) is 0 Å². The van der Waals surface area contributed by atoms with Gasteiger partial charge in [-0.25, -0.2) is 0 Å². The number of nitrogens with zero attached hydrogens (tertiary/aromatic N) is 1. The Morgan fingerprint density at radius 1 is 0.900 bits per heavy atom. The number of carbonyl (C=O) groups excluding carboxylic acids is 2. The summed E-state index contributed by atoms with van der Waals surface area (Å²) in [5.74, 6) is 0.746. The first-order valence-electron chi connectivity index (χ1n) is 13.0. The first-order valence-corrected chi connectivity index (χ1v) is 13.6. The molecule has 1 unspecified atom stereocenters. The summed E-state index contributed by atoms with van der Waals surface area (Å²) >= 11 is 6.40. The molecular weight excluding hydrogens is 524 g/mol. The molecule has 2 amide bonds. The van der Waals surface area contributed by atoms with Gasteiger partial charge in [-0.05, 0) is 47.3 Å². The molecule has 7 rings (SSSR count). The van der Waals surface area contributed by atoms with E-state index in [4.69, 9.17) is 16.3 Å². The quantitative estimate of drug-likeness (QED) is 0.202. The van der Waals surface area contributed by atoms with Crippen molar-refractivity contribution < 1.29 is 14.3 Å². The number of para-hydroxylation sites is 1. The number of hydrogen-bond acceptors (Lipinski definition) is 3. The fourth-order valence-corrected chi connectivity index (χ4v) is 6.02. The summed E-state index contributed by atoms with van der Waals surface area (Å²) in [5.41, 5.74) is 5.17. The first kappa shape index (κ1) is 24.3. The predicted octanol–water partition coefficient (Wildman–Crippen LogP) is 7.05. The van der Waals surface area contributed by atoms with E-state index < -0.39 is 0 Å². The number of hydrogen-bond donors (Lipinski definition) is 3. The summed E-state index contributed by atoms with van der Waals surface area (Å²) in [6.45, 7) is 0.482. The number of anilines is 2. The van der Waals surface area contributed by atoms with Crippen LogP contribution in [-0.2, 0) is 0 Å². The Morgan fingerprint density at radius 2 is 1.62 bits per heavy atom. The summed E-state index contributed by atoms with van der Waals surface area (Å²) < 4.78 is 5.68. The van der Waals surface area contributed by atoms with Crippen LogP contribution in [0.25, 0.3) is 32.6 Å². The number of carbonyl (C=O) groups is 2. The molecule has 6 aromatic rings. The smallest absolute Gasteiger partial charge is 0.274 e. The number of alkyl halides is 1. The molecule has 1 atom stereocenters. The Balaban J connectivity index is 1.19. The Hall–Kier alpha value is -4.75. The van der Waals surface area contributed by atoms with Crippen LogP contribution in [0.2, 0.25) is 0 Å². The van der Waals surface area contributed by atoms with Gasteiger partial charge >= 0.3 is 0 Å². The van der Waals surface area contributed by atoms with E-state index in [9.17, 15) is 9.59 Å². The molecule has 7 nitrogen and oxygen atoms in total. The SMILES string of the molecule is COc1cc2c(c3ccccc13)C(CCl)CN2C(=O)c1cc2cc(NC(=O)c3cc4ccccc4[nH]3)ccc2[nH]1. The number of amides is 2. The highest BCUT2D eigenvalue weighted by Crippen LogP contribution is 2.46. The fraction of sp³-hybridized carbons (Fsp3) is 0.125. The standard InChI is InChI=1S/C32H25ClN4O3/c1-40-29-15-28-30(23-8-4-3-7-22(23)29)20(16-33)17-37(28)32(39)27-14-19-12-21(10-11-25(19)36-27)34-31(38)26-13-18-6-2-5-9-24(18)35-26/h2-15,20,35-36H,16-17H2,1H3,(H,34,38). The summed E-state index contributed by atoms with van der Waals surface area (Å²) in [6.07, 6.45) is 0. The van der Waals surface area contributed by atoms with E-state index in [1.165, 1.54) is 0 Å². The number of aromatic nitrogens is 2. The lowest BCUT2D eigenvalue weighted by molar-refractivity contribution is 0.0982. The molecule has 0 aliphatic carbocycles. The van der Waals surface area contributed by atoms with E-state index >= 15 is 0 Å². The molecule has 2 aromatic heterocycles. The van der Waals surface area contributed by atoms with Gasteiger partial charge in [-0.2, -0.15) is 0 Å². The molecule has 1 aliphatic rings. The zero-order valence-corrected chi connectivity index (χ0v) is 22.4. The number of ether oxygens (including phenoxy) is 1. The Bertz CT molecular complexity index is 1920. The minimum absolute atomic E-state index is 0.00672. The molecule has 8 heteroatoms. The average molecular weight is 549 g/mol. The van der Waals surface area contributed by atoms with Crippen LogP contribution in [-0.4, -0.2) is 41.3 Å². The van der Waals surface area contributed by atoms with Gasteiger partial charge in [-0.1, -0.05) is 42.5 Å². The van der Waals surface area contributed by atoms with Crippen LogP contribution < -0.4 is 15.0 Å². The lowest BCUT2D eigenvalue weighted by atomic mass is 9.95. The van der Waals surface area contributed by atoms with Crippen molar-refractivity contribution in [3.8, 4) is 5.75 Å². The molecule has 0 radical (unpaired) electrons. The van der Waals surface area contributed by atoms with Crippen LogP contribution in [0.3, 0.4) is 0 Å². The Labute approximate surface area is 234 Å². The third-order valence-electron chi connectivity index (χ3n) is 7.66. The molecule has 0 saturated heterocycles. The average Bonchev–Trinajstić information content (AvgIpc) is 3.71. The molecule has 0 fully saturated rings. The van der Waals surface area contributed by atoms with Crippen molar-refractivity contribution in [2.75, 3.05) is 29.8 Å². The van der Waals surface area contributed by atoms with Gasteiger partial charge < -0.3 is 24.9 Å². The molecule has 0 bridgehead atoms. The van der Waals surface area contributed by atoms with Crippen LogP contribution >= 0.6 is 11.6 Å². The zero-order chi connectivity index (χ0) is 27.4. The number of methoxy groups -OCH3 is 1. The third kappa shape index (κ3) is 3.89. The number of H-pyrrole nitrogens is 2. The summed E-state index contributed by atoms with van der Waals surface area (Å²) in [7, 11) is 1.64. The molecule has 1 aliphatic heterocycles. The Morgan fingerprint density at radius 3 is 2.42 bits per heavy atom. The number of fused-ring (bicyclic) bond motifs is 5. The normalized spacial score (nSPS) is 14.7. The van der Waals surface area contributed by atoms with Gasteiger partial charge in [0.2, 0.25) is 0 Å². The topological polar surface area (TPSA) is 90.2 Å². The minimum atomic E-state index is -0.232. The van der Waals surface area contributed by atoms with E-state index in [0.29, 0.717) is 29.5 Å². The monoisotopic (exact) mass is 548 g/mol. The number of aromatic amines is 2. The van der Waals surface area contributed by atoms with Gasteiger partial charge in [0.05, 0.1) is 12.8 Å². The molecule has 3 N–H and O–H groups in total. The zero-order valence-electron chi connectivity index (χ0n) is 21.6. The second-order valence-corrected chi connectivity index (χ2v) is 10.3. The molecule has 198 valence electrons. The lowest BCUT2D eigenvalue weighted by Crippen LogP contribution is -2.30. The van der Waals surface area contributed by atoms with Gasteiger partial charge in [0.1, 0.15) is 17.1 Å². The van der Waals surface area contributed by atoms with Gasteiger partial charge in [0.15, 0.2) is 0 Å². The van der Waals surface area contributed by atoms with Crippen molar-refractivity contribution >= 4 is 67.4 Å². The van der Waals surface area contributed by atoms with E-state index in [1.54, 1.807) is 12.0 Å². The molecule has 0 spiro atoms. The Kier molecular flexibility index (Phi) is 5.75. The number of halogens is 1. The largest absolute Gasteiger partial charge is 0.496 e. The molecule has 40 heavy (non-hydrogen) atoms. The number of benzene rings is 4. The maximum absolute atomic E-state index is 13.8. The van der Waals surface area contributed by atoms with Crippen LogP contribution in [0, 0.1) is 0 Å². The van der Waals surface area contributed by atoms with Crippen LogP contribution in [0.15, 0.2) is 84.9 Å². The highest BCUT2D eigenvalue weighted by molar-refractivity contribution is 6.19. The minimum Gasteiger partial charge on any atom is -0.496 e. The maximum Gasteiger partial charge on any atom is 0.274 e. The van der Waals surface area contributed by atoms with E-state index in [-0.39, 0.29) is 17.7 Å². The summed E-state index contributed by atoms with van der Waals surface area (Å²) in [5, 5.41) is 6.80.